The summed E-state index contributed by atoms with van der Waals surface area (Å²) >= 11 is 0. The van der Waals surface area contributed by atoms with Gasteiger partial charge in [-0.15, -0.1) is 0 Å². The Labute approximate surface area is 177 Å². The van der Waals surface area contributed by atoms with Crippen molar-refractivity contribution in [2.24, 2.45) is 0 Å². The number of hydrogen-bond donors (Lipinski definition) is 2. The maximum Gasteiger partial charge on any atom is 0.253 e. The third-order valence-electron chi connectivity index (χ3n) is 5.43. The van der Waals surface area contributed by atoms with Crippen LogP contribution in [0.4, 0.5) is 11.4 Å². The zero-order valence-electron chi connectivity index (χ0n) is 18.2. The molecule has 1 amide bonds. The number of nitrogens with one attached hydrogen (secondary N) is 2. The van der Waals surface area contributed by atoms with Gasteiger partial charge in [-0.05, 0) is 59.4 Å². The predicted molar refractivity (Wildman–Crippen MR) is 123 cm³/mol. The van der Waals surface area contributed by atoms with Crippen LogP contribution in [0.15, 0.2) is 36.4 Å². The van der Waals surface area contributed by atoms with Gasteiger partial charge in [0, 0.05) is 24.3 Å². The van der Waals surface area contributed by atoms with Crippen molar-refractivity contribution in [1.82, 2.24) is 24.9 Å². The van der Waals surface area contributed by atoms with Gasteiger partial charge in [0.25, 0.3) is 5.91 Å². The molecule has 0 radical (unpaired) electrons. The number of amides is 1. The Kier molecular flexibility index (Phi) is 5.74. The first kappa shape index (κ1) is 20.4. The van der Waals surface area contributed by atoms with Crippen molar-refractivity contribution in [2.75, 3.05) is 53.1 Å². The standard InChI is InChI=1S/C23H30N6O/c1-27(2)13-7-12-24-23(30)17-10-11-19-20-21(17)25-18-9-6-5-8-16(18)22(20)26-29(19)15-14-28(3)4/h5-6,8-11,25H,7,12-15H2,1-4H3,(H,24,30). The molecule has 0 spiro atoms. The number of hydrogen-bond acceptors (Lipinski definition) is 5. The van der Waals surface area contributed by atoms with E-state index >= 15 is 0 Å². The molecule has 3 aromatic rings. The van der Waals surface area contributed by atoms with Crippen LogP contribution >= 0.6 is 0 Å². The first-order valence-corrected chi connectivity index (χ1v) is 10.4. The molecule has 7 heteroatoms. The van der Waals surface area contributed by atoms with Crippen LogP contribution in [0.2, 0.25) is 0 Å². The Balaban J connectivity index is 1.72. The number of para-hydroxylation sites is 1. The fraction of sp³-hybridized carbons (Fsp3) is 0.391. The molecule has 0 unspecified atom stereocenters. The third kappa shape index (κ3) is 3.91. The third-order valence-corrected chi connectivity index (χ3v) is 5.43. The van der Waals surface area contributed by atoms with E-state index in [0.717, 1.165) is 59.6 Å². The highest BCUT2D eigenvalue weighted by Crippen LogP contribution is 2.44. The van der Waals surface area contributed by atoms with E-state index < -0.39 is 0 Å². The molecule has 158 valence electrons. The van der Waals surface area contributed by atoms with E-state index in [-0.39, 0.29) is 5.91 Å². The molecular weight excluding hydrogens is 376 g/mol. The molecule has 4 rings (SSSR count). The van der Waals surface area contributed by atoms with Crippen LogP contribution in [0.25, 0.3) is 22.2 Å². The van der Waals surface area contributed by atoms with Crippen LogP contribution in [0.5, 0.6) is 0 Å². The maximum atomic E-state index is 13.0. The van der Waals surface area contributed by atoms with Crippen LogP contribution in [-0.4, -0.2) is 73.3 Å². The summed E-state index contributed by atoms with van der Waals surface area (Å²) in [5.41, 5.74) is 5.56. The lowest BCUT2D eigenvalue weighted by Gasteiger charge is -2.20. The van der Waals surface area contributed by atoms with Crippen molar-refractivity contribution in [3.63, 3.8) is 0 Å². The minimum atomic E-state index is -0.0514. The molecule has 7 nitrogen and oxygen atoms in total. The maximum absolute atomic E-state index is 13.0. The number of likely N-dealkylation sites (N-methyl/N-ethyl adjacent to an activating group) is 1. The Morgan fingerprint density at radius 3 is 2.60 bits per heavy atom. The van der Waals surface area contributed by atoms with Crippen molar-refractivity contribution >= 4 is 28.2 Å². The largest absolute Gasteiger partial charge is 0.354 e. The average molecular weight is 407 g/mol. The summed E-state index contributed by atoms with van der Waals surface area (Å²) in [5, 5.41) is 12.5. The van der Waals surface area contributed by atoms with Gasteiger partial charge in [0.05, 0.1) is 28.7 Å². The van der Waals surface area contributed by atoms with Gasteiger partial charge in [0.15, 0.2) is 0 Å². The number of benzene rings is 2. The minimum absolute atomic E-state index is 0.0514. The van der Waals surface area contributed by atoms with Gasteiger partial charge in [-0.1, -0.05) is 18.2 Å². The molecule has 1 aliphatic heterocycles. The second-order valence-corrected chi connectivity index (χ2v) is 8.34. The molecule has 1 aromatic heterocycles. The van der Waals surface area contributed by atoms with Crippen molar-refractivity contribution in [2.45, 2.75) is 13.0 Å². The molecule has 0 aliphatic carbocycles. The number of aromatic nitrogens is 2. The Bertz CT molecular complexity index is 1070. The smallest absolute Gasteiger partial charge is 0.253 e. The number of rotatable bonds is 8. The van der Waals surface area contributed by atoms with E-state index in [1.165, 1.54) is 0 Å². The number of anilines is 2. The summed E-state index contributed by atoms with van der Waals surface area (Å²) in [7, 11) is 8.20. The highest BCUT2D eigenvalue weighted by atomic mass is 16.1. The summed E-state index contributed by atoms with van der Waals surface area (Å²) in [4.78, 5) is 17.3. The first-order chi connectivity index (χ1) is 14.5. The normalized spacial score (nSPS) is 12.3. The van der Waals surface area contributed by atoms with Crippen LogP contribution in [0.1, 0.15) is 16.8 Å². The van der Waals surface area contributed by atoms with Crippen molar-refractivity contribution < 1.29 is 4.79 Å². The fourth-order valence-electron chi connectivity index (χ4n) is 3.87. The molecule has 0 saturated heterocycles. The number of carbonyl (C=O) groups excluding carboxylic acids is 1. The van der Waals surface area contributed by atoms with E-state index in [9.17, 15) is 4.79 Å². The zero-order chi connectivity index (χ0) is 21.3. The lowest BCUT2D eigenvalue weighted by molar-refractivity contribution is 0.0953. The molecule has 0 atom stereocenters. The van der Waals surface area contributed by atoms with Gasteiger partial charge < -0.3 is 20.4 Å². The second-order valence-electron chi connectivity index (χ2n) is 8.34. The summed E-state index contributed by atoms with van der Waals surface area (Å²) in [5.74, 6) is -0.0514. The Morgan fingerprint density at radius 1 is 1.07 bits per heavy atom. The highest BCUT2D eigenvalue weighted by Gasteiger charge is 2.26. The van der Waals surface area contributed by atoms with E-state index in [1.54, 1.807) is 0 Å². The second kappa shape index (κ2) is 8.45. The summed E-state index contributed by atoms with van der Waals surface area (Å²) in [6.07, 6.45) is 0.917. The monoisotopic (exact) mass is 406 g/mol. The van der Waals surface area contributed by atoms with E-state index in [4.69, 9.17) is 5.10 Å². The lowest BCUT2D eigenvalue weighted by Crippen LogP contribution is -2.27. The molecule has 2 aromatic carbocycles. The average Bonchev–Trinajstić information content (AvgIpc) is 3.10. The van der Waals surface area contributed by atoms with Crippen LogP contribution < -0.4 is 10.6 Å². The topological polar surface area (TPSA) is 65.4 Å². The van der Waals surface area contributed by atoms with Crippen LogP contribution in [0, 0.1) is 0 Å². The highest BCUT2D eigenvalue weighted by molar-refractivity contribution is 6.16. The molecule has 0 bridgehead atoms. The van der Waals surface area contributed by atoms with Crippen molar-refractivity contribution in [3.8, 4) is 11.3 Å². The minimum Gasteiger partial charge on any atom is -0.354 e. The SMILES string of the molecule is CN(C)CCCNC(=O)c1ccc2c3c(nn2CCN(C)C)-c2ccccc2Nc13. The number of fused-ring (bicyclic) bond motifs is 2. The van der Waals surface area contributed by atoms with E-state index in [2.05, 4.69) is 45.3 Å². The number of nitrogens with zero attached hydrogens (tertiary/aromatic N) is 4. The van der Waals surface area contributed by atoms with Crippen LogP contribution in [0.3, 0.4) is 0 Å². The molecule has 1 aliphatic rings. The molecule has 0 fully saturated rings. The van der Waals surface area contributed by atoms with E-state index in [1.807, 2.05) is 44.4 Å². The van der Waals surface area contributed by atoms with Gasteiger partial charge >= 0.3 is 0 Å². The predicted octanol–water partition coefficient (Wildman–Crippen LogP) is 3.00. The zero-order valence-corrected chi connectivity index (χ0v) is 18.2. The van der Waals surface area contributed by atoms with Gasteiger partial charge in [-0.2, -0.15) is 5.10 Å². The van der Waals surface area contributed by atoms with Crippen molar-refractivity contribution in [3.05, 3.63) is 42.0 Å². The van der Waals surface area contributed by atoms with E-state index in [0.29, 0.717) is 12.1 Å². The van der Waals surface area contributed by atoms with Gasteiger partial charge in [-0.3, -0.25) is 9.48 Å². The first-order valence-electron chi connectivity index (χ1n) is 10.4. The summed E-state index contributed by atoms with van der Waals surface area (Å²) in [6, 6.07) is 12.1. The van der Waals surface area contributed by atoms with Gasteiger partial charge in [0.1, 0.15) is 5.69 Å². The molecule has 0 saturated carbocycles. The Morgan fingerprint density at radius 2 is 1.83 bits per heavy atom. The Hall–Kier alpha value is -2.90. The fourth-order valence-corrected chi connectivity index (χ4v) is 3.87. The van der Waals surface area contributed by atoms with Gasteiger partial charge in [0.2, 0.25) is 0 Å². The molecular formula is C23H30N6O. The quantitative estimate of drug-likeness (QED) is 0.441. The summed E-state index contributed by atoms with van der Waals surface area (Å²) in [6.45, 7) is 3.29. The number of carbonyl (C=O) groups is 1. The summed E-state index contributed by atoms with van der Waals surface area (Å²) < 4.78 is 2.05. The molecule has 30 heavy (non-hydrogen) atoms. The van der Waals surface area contributed by atoms with Crippen LogP contribution in [-0.2, 0) is 6.54 Å². The molecule has 2 N–H and O–H groups in total. The van der Waals surface area contributed by atoms with Gasteiger partial charge in [-0.25, -0.2) is 0 Å². The molecule has 2 heterocycles. The van der Waals surface area contributed by atoms with Crippen molar-refractivity contribution in [1.29, 1.82) is 0 Å². The lowest BCUT2D eigenvalue weighted by atomic mass is 9.97.